The fourth-order valence-electron chi connectivity index (χ4n) is 1.40. The van der Waals surface area contributed by atoms with Crippen LogP contribution in [0.15, 0.2) is 42.6 Å². The van der Waals surface area contributed by atoms with Crippen molar-refractivity contribution in [2.24, 2.45) is 0 Å². The lowest BCUT2D eigenvalue weighted by Gasteiger charge is -2.10. The van der Waals surface area contributed by atoms with E-state index in [9.17, 15) is 0 Å². The van der Waals surface area contributed by atoms with E-state index in [1.807, 2.05) is 24.3 Å². The first-order valence-electron chi connectivity index (χ1n) is 4.91. The number of nitrogen functional groups attached to an aromatic ring is 1. The van der Waals surface area contributed by atoms with Crippen LogP contribution >= 0.6 is 0 Å². The lowest BCUT2D eigenvalue weighted by Crippen LogP contribution is -1.97. The van der Waals surface area contributed by atoms with E-state index in [0.717, 1.165) is 11.4 Å². The van der Waals surface area contributed by atoms with Crippen LogP contribution in [0.4, 0.5) is 17.2 Å². The topological polar surface area (TPSA) is 60.2 Å². The molecule has 1 aromatic carbocycles. The molecule has 2 aromatic rings. The minimum Gasteiger partial charge on any atom is -0.495 e. The molecule has 0 aliphatic carbocycles. The van der Waals surface area contributed by atoms with Crippen LogP contribution in [-0.2, 0) is 0 Å². The molecule has 0 aliphatic rings. The molecule has 3 N–H and O–H groups in total. The molecular weight excluding hydrogens is 202 g/mol. The van der Waals surface area contributed by atoms with Crippen molar-refractivity contribution in [3.63, 3.8) is 0 Å². The fraction of sp³-hybridized carbons (Fsp3) is 0.0833. The van der Waals surface area contributed by atoms with E-state index in [2.05, 4.69) is 10.3 Å². The lowest BCUT2D eigenvalue weighted by atomic mass is 10.3. The van der Waals surface area contributed by atoms with Crippen LogP contribution in [0.2, 0.25) is 0 Å². The van der Waals surface area contributed by atoms with E-state index in [-0.39, 0.29) is 0 Å². The molecule has 0 amide bonds. The van der Waals surface area contributed by atoms with Crippen LogP contribution in [0.25, 0.3) is 0 Å². The van der Waals surface area contributed by atoms with Crippen LogP contribution in [0.1, 0.15) is 0 Å². The summed E-state index contributed by atoms with van der Waals surface area (Å²) < 4.78 is 5.23. The zero-order valence-electron chi connectivity index (χ0n) is 8.97. The first-order valence-corrected chi connectivity index (χ1v) is 4.91. The number of hydrogen-bond acceptors (Lipinski definition) is 4. The predicted octanol–water partition coefficient (Wildman–Crippen LogP) is 2.42. The summed E-state index contributed by atoms with van der Waals surface area (Å²) in [7, 11) is 1.63. The molecule has 0 unspecified atom stereocenters. The van der Waals surface area contributed by atoms with E-state index < -0.39 is 0 Å². The highest BCUT2D eigenvalue weighted by atomic mass is 16.5. The summed E-state index contributed by atoms with van der Waals surface area (Å²) in [6.45, 7) is 0. The van der Waals surface area contributed by atoms with Crippen LogP contribution in [0.5, 0.6) is 5.75 Å². The third-order valence-corrected chi connectivity index (χ3v) is 2.15. The van der Waals surface area contributed by atoms with Gasteiger partial charge in [-0.3, -0.25) is 0 Å². The number of aromatic nitrogens is 1. The Morgan fingerprint density at radius 1 is 1.25 bits per heavy atom. The van der Waals surface area contributed by atoms with E-state index >= 15 is 0 Å². The average Bonchev–Trinajstić information content (AvgIpc) is 2.30. The van der Waals surface area contributed by atoms with Gasteiger partial charge in [-0.1, -0.05) is 12.1 Å². The van der Waals surface area contributed by atoms with Gasteiger partial charge in [-0.15, -0.1) is 0 Å². The minimum absolute atomic E-state index is 0.674. The van der Waals surface area contributed by atoms with Crippen molar-refractivity contribution in [3.8, 4) is 5.75 Å². The summed E-state index contributed by atoms with van der Waals surface area (Å²) in [5.74, 6) is 1.47. The Balaban J connectivity index is 2.26. The second-order valence-electron chi connectivity index (χ2n) is 3.30. The molecule has 2 rings (SSSR count). The molecule has 0 spiro atoms. The van der Waals surface area contributed by atoms with Crippen LogP contribution in [-0.4, -0.2) is 12.1 Å². The summed E-state index contributed by atoms with van der Waals surface area (Å²) >= 11 is 0. The molecule has 1 aromatic heterocycles. The molecule has 0 saturated carbocycles. The third kappa shape index (κ3) is 2.23. The van der Waals surface area contributed by atoms with E-state index in [4.69, 9.17) is 10.5 Å². The zero-order chi connectivity index (χ0) is 11.4. The van der Waals surface area contributed by atoms with E-state index in [1.54, 1.807) is 25.4 Å². The largest absolute Gasteiger partial charge is 0.495 e. The Kier molecular flexibility index (Phi) is 2.91. The van der Waals surface area contributed by atoms with Gasteiger partial charge in [-0.2, -0.15) is 0 Å². The van der Waals surface area contributed by atoms with Gasteiger partial charge in [0.05, 0.1) is 12.8 Å². The quantitative estimate of drug-likeness (QED) is 0.825. The van der Waals surface area contributed by atoms with Crippen molar-refractivity contribution in [2.45, 2.75) is 0 Å². The Bertz CT molecular complexity index is 485. The molecule has 4 nitrogen and oxygen atoms in total. The molecule has 0 radical (unpaired) electrons. The number of nitrogens with two attached hydrogens (primary N) is 1. The first kappa shape index (κ1) is 10.3. The van der Waals surface area contributed by atoms with Gasteiger partial charge in [0.2, 0.25) is 0 Å². The maximum Gasteiger partial charge on any atom is 0.142 e. The number of methoxy groups -OCH3 is 1. The van der Waals surface area contributed by atoms with Gasteiger partial charge in [0.15, 0.2) is 0 Å². The lowest BCUT2D eigenvalue weighted by molar-refractivity contribution is 0.417. The molecular formula is C12H13N3O. The standard InChI is InChI=1S/C12H13N3O/c1-16-11-5-3-2-4-10(11)15-12-8-9(13)6-7-14-12/h2-8H,1H3,(H3,13,14,15). The summed E-state index contributed by atoms with van der Waals surface area (Å²) in [6, 6.07) is 11.2. The van der Waals surface area contributed by atoms with Gasteiger partial charge >= 0.3 is 0 Å². The van der Waals surface area contributed by atoms with E-state index in [0.29, 0.717) is 11.5 Å². The Morgan fingerprint density at radius 3 is 2.81 bits per heavy atom. The normalized spacial score (nSPS) is 9.81. The number of benzene rings is 1. The molecule has 0 aliphatic heterocycles. The van der Waals surface area contributed by atoms with Gasteiger partial charge < -0.3 is 15.8 Å². The SMILES string of the molecule is COc1ccccc1Nc1cc(N)ccn1. The number of hydrogen-bond donors (Lipinski definition) is 2. The molecule has 0 bridgehead atoms. The summed E-state index contributed by atoms with van der Waals surface area (Å²) in [5, 5.41) is 3.15. The molecule has 0 atom stereocenters. The molecule has 82 valence electrons. The number of anilines is 3. The number of nitrogens with one attached hydrogen (secondary N) is 1. The van der Waals surface area contributed by atoms with Crippen molar-refractivity contribution in [1.29, 1.82) is 0 Å². The molecule has 0 saturated heterocycles. The first-order chi connectivity index (χ1) is 7.79. The monoisotopic (exact) mass is 215 g/mol. The number of rotatable bonds is 3. The van der Waals surface area contributed by atoms with Crippen molar-refractivity contribution < 1.29 is 4.74 Å². The average molecular weight is 215 g/mol. The smallest absolute Gasteiger partial charge is 0.142 e. The van der Waals surface area contributed by atoms with Crippen LogP contribution in [0.3, 0.4) is 0 Å². The highest BCUT2D eigenvalue weighted by Gasteiger charge is 2.02. The second-order valence-corrected chi connectivity index (χ2v) is 3.30. The Morgan fingerprint density at radius 2 is 2.06 bits per heavy atom. The summed E-state index contributed by atoms with van der Waals surface area (Å²) in [5.41, 5.74) is 7.21. The fourth-order valence-corrected chi connectivity index (χ4v) is 1.40. The number of nitrogens with zero attached hydrogens (tertiary/aromatic N) is 1. The molecule has 1 heterocycles. The van der Waals surface area contributed by atoms with Crippen molar-refractivity contribution in [3.05, 3.63) is 42.6 Å². The number of para-hydroxylation sites is 2. The summed E-state index contributed by atoms with van der Waals surface area (Å²) in [4.78, 5) is 4.16. The summed E-state index contributed by atoms with van der Waals surface area (Å²) in [6.07, 6.45) is 1.66. The third-order valence-electron chi connectivity index (χ3n) is 2.15. The number of ether oxygens (including phenoxy) is 1. The van der Waals surface area contributed by atoms with Gasteiger partial charge in [-0.25, -0.2) is 4.98 Å². The van der Waals surface area contributed by atoms with Crippen molar-refractivity contribution in [1.82, 2.24) is 4.98 Å². The van der Waals surface area contributed by atoms with Crippen molar-refractivity contribution in [2.75, 3.05) is 18.2 Å². The van der Waals surface area contributed by atoms with Gasteiger partial charge in [-0.05, 0) is 18.2 Å². The highest BCUT2D eigenvalue weighted by Crippen LogP contribution is 2.26. The minimum atomic E-state index is 0.674. The second kappa shape index (κ2) is 4.53. The van der Waals surface area contributed by atoms with Crippen LogP contribution in [0, 0.1) is 0 Å². The Hall–Kier alpha value is -2.23. The maximum atomic E-state index is 5.67. The molecule has 16 heavy (non-hydrogen) atoms. The molecule has 0 fully saturated rings. The van der Waals surface area contributed by atoms with Crippen molar-refractivity contribution >= 4 is 17.2 Å². The number of pyridine rings is 1. The molecule has 4 heteroatoms. The van der Waals surface area contributed by atoms with E-state index in [1.165, 1.54) is 0 Å². The zero-order valence-corrected chi connectivity index (χ0v) is 8.97. The van der Waals surface area contributed by atoms with Gasteiger partial charge in [0, 0.05) is 18.0 Å². The maximum absolute atomic E-state index is 5.67. The van der Waals surface area contributed by atoms with Gasteiger partial charge in [0.25, 0.3) is 0 Å². The van der Waals surface area contributed by atoms with Crippen LogP contribution < -0.4 is 15.8 Å². The highest BCUT2D eigenvalue weighted by molar-refractivity contribution is 5.65. The predicted molar refractivity (Wildman–Crippen MR) is 64.9 cm³/mol. The Labute approximate surface area is 94.1 Å². The van der Waals surface area contributed by atoms with Gasteiger partial charge in [0.1, 0.15) is 11.6 Å².